The van der Waals surface area contributed by atoms with Gasteiger partial charge in [0.05, 0.1) is 29.2 Å². The second-order valence-corrected chi connectivity index (χ2v) is 7.12. The zero-order valence-electron chi connectivity index (χ0n) is 13.6. The molecule has 1 amide bonds. The Morgan fingerprint density at radius 3 is 2.67 bits per heavy atom. The minimum absolute atomic E-state index is 0.142. The first-order valence-corrected chi connectivity index (χ1v) is 9.14. The Bertz CT molecular complexity index is 571. The molecule has 2 fully saturated rings. The van der Waals surface area contributed by atoms with Gasteiger partial charge >= 0.3 is 0 Å². The fourth-order valence-electron chi connectivity index (χ4n) is 3.14. The molecule has 2 saturated heterocycles. The summed E-state index contributed by atoms with van der Waals surface area (Å²) >= 11 is 11.9. The minimum atomic E-state index is 0.142. The molecular formula is C17H23Cl2N3O2. The van der Waals surface area contributed by atoms with Gasteiger partial charge < -0.3 is 15.0 Å². The van der Waals surface area contributed by atoms with Gasteiger partial charge in [0.1, 0.15) is 0 Å². The maximum atomic E-state index is 12.5. The average molecular weight is 372 g/mol. The average Bonchev–Trinajstić information content (AvgIpc) is 2.60. The molecule has 0 aromatic heterocycles. The van der Waals surface area contributed by atoms with Crippen LogP contribution in [0.5, 0.6) is 0 Å². The van der Waals surface area contributed by atoms with Crippen LogP contribution in [0.4, 0.5) is 0 Å². The van der Waals surface area contributed by atoms with Crippen LogP contribution in [0, 0.1) is 0 Å². The molecule has 5 nitrogen and oxygen atoms in total. The molecule has 0 spiro atoms. The van der Waals surface area contributed by atoms with Gasteiger partial charge in [0.25, 0.3) is 0 Å². The van der Waals surface area contributed by atoms with Crippen LogP contribution in [0.25, 0.3) is 0 Å². The number of rotatable bonds is 4. The van der Waals surface area contributed by atoms with Gasteiger partial charge in [-0.15, -0.1) is 0 Å². The molecule has 1 aromatic rings. The summed E-state index contributed by atoms with van der Waals surface area (Å²) in [6.07, 6.45) is 0.629. The largest absolute Gasteiger partial charge is 0.374 e. The number of hydrogen-bond donors (Lipinski definition) is 1. The Kier molecular flexibility index (Phi) is 6.36. The first-order chi connectivity index (χ1) is 11.6. The molecule has 1 aromatic carbocycles. The first-order valence-electron chi connectivity index (χ1n) is 8.38. The van der Waals surface area contributed by atoms with Crippen LogP contribution in [-0.4, -0.2) is 74.2 Å². The van der Waals surface area contributed by atoms with E-state index >= 15 is 0 Å². The number of hydrogen-bond acceptors (Lipinski definition) is 4. The highest BCUT2D eigenvalue weighted by Gasteiger charge is 2.24. The summed E-state index contributed by atoms with van der Waals surface area (Å²) in [6, 6.07) is 5.36. The second-order valence-electron chi connectivity index (χ2n) is 6.30. The molecule has 7 heteroatoms. The third-order valence-corrected chi connectivity index (χ3v) is 5.27. The molecule has 0 unspecified atom stereocenters. The van der Waals surface area contributed by atoms with Crippen molar-refractivity contribution in [3.8, 4) is 0 Å². The van der Waals surface area contributed by atoms with Gasteiger partial charge in [-0.25, -0.2) is 0 Å². The number of ether oxygens (including phenoxy) is 1. The summed E-state index contributed by atoms with van der Waals surface area (Å²) in [4.78, 5) is 16.8. The molecule has 2 aliphatic heterocycles. The number of benzene rings is 1. The van der Waals surface area contributed by atoms with E-state index in [4.69, 9.17) is 27.9 Å². The number of amides is 1. The zero-order valence-corrected chi connectivity index (χ0v) is 15.2. The van der Waals surface area contributed by atoms with Crippen LogP contribution in [0.2, 0.25) is 10.0 Å². The molecule has 1 N–H and O–H groups in total. The number of morpholine rings is 1. The number of nitrogens with one attached hydrogen (secondary N) is 1. The maximum absolute atomic E-state index is 12.5. The van der Waals surface area contributed by atoms with Crippen molar-refractivity contribution >= 4 is 29.1 Å². The van der Waals surface area contributed by atoms with Crippen molar-refractivity contribution < 1.29 is 9.53 Å². The van der Waals surface area contributed by atoms with Crippen LogP contribution >= 0.6 is 23.2 Å². The molecule has 0 saturated carbocycles. The first kappa shape index (κ1) is 18.0. The highest BCUT2D eigenvalue weighted by Crippen LogP contribution is 2.23. The quantitative estimate of drug-likeness (QED) is 0.874. The molecule has 3 rings (SSSR count). The highest BCUT2D eigenvalue weighted by molar-refractivity contribution is 6.42. The standard InChI is InChI=1S/C17H23Cl2N3O2/c18-15-2-1-13(9-16(15)19)10-17(23)22-6-4-21(5-7-22)12-14-11-20-3-8-24-14/h1-2,9,14,20H,3-8,10-12H2/t14-/m1/s1. The smallest absolute Gasteiger partial charge is 0.227 e. The Hall–Kier alpha value is -0.850. The fourth-order valence-corrected chi connectivity index (χ4v) is 3.46. The third kappa shape index (κ3) is 4.83. The normalized spacial score (nSPS) is 22.6. The van der Waals surface area contributed by atoms with E-state index in [1.807, 2.05) is 11.0 Å². The van der Waals surface area contributed by atoms with Crippen molar-refractivity contribution in [2.45, 2.75) is 12.5 Å². The predicted molar refractivity (Wildman–Crippen MR) is 95.8 cm³/mol. The number of piperazine rings is 1. The van der Waals surface area contributed by atoms with Crippen LogP contribution in [-0.2, 0) is 16.0 Å². The van der Waals surface area contributed by atoms with Gasteiger partial charge in [-0.05, 0) is 17.7 Å². The summed E-state index contributed by atoms with van der Waals surface area (Å²) in [5.41, 5.74) is 0.901. The molecule has 24 heavy (non-hydrogen) atoms. The highest BCUT2D eigenvalue weighted by atomic mass is 35.5. The van der Waals surface area contributed by atoms with Gasteiger partial charge in [0, 0.05) is 45.8 Å². The van der Waals surface area contributed by atoms with Crippen molar-refractivity contribution in [2.24, 2.45) is 0 Å². The van der Waals surface area contributed by atoms with E-state index in [1.54, 1.807) is 12.1 Å². The van der Waals surface area contributed by atoms with Gasteiger partial charge in [0.2, 0.25) is 5.91 Å². The molecule has 0 aliphatic carbocycles. The van der Waals surface area contributed by atoms with Gasteiger partial charge in [0.15, 0.2) is 0 Å². The lowest BCUT2D eigenvalue weighted by atomic mass is 10.1. The molecule has 132 valence electrons. The molecule has 0 radical (unpaired) electrons. The van der Waals surface area contributed by atoms with Crippen LogP contribution < -0.4 is 5.32 Å². The van der Waals surface area contributed by atoms with E-state index in [-0.39, 0.29) is 12.0 Å². The molecule has 1 atom stereocenters. The van der Waals surface area contributed by atoms with Crippen LogP contribution in [0.15, 0.2) is 18.2 Å². The van der Waals surface area contributed by atoms with Crippen molar-refractivity contribution in [3.63, 3.8) is 0 Å². The second kappa shape index (κ2) is 8.50. The Morgan fingerprint density at radius 1 is 1.21 bits per heavy atom. The van der Waals surface area contributed by atoms with E-state index in [2.05, 4.69) is 10.2 Å². The summed E-state index contributed by atoms with van der Waals surface area (Å²) in [5.74, 6) is 0.142. The van der Waals surface area contributed by atoms with Crippen molar-refractivity contribution in [3.05, 3.63) is 33.8 Å². The van der Waals surface area contributed by atoms with E-state index < -0.39 is 0 Å². The maximum Gasteiger partial charge on any atom is 0.227 e. The third-order valence-electron chi connectivity index (χ3n) is 4.53. The summed E-state index contributed by atoms with van der Waals surface area (Å²) in [6.45, 7) is 6.89. The molecular weight excluding hydrogens is 349 g/mol. The monoisotopic (exact) mass is 371 g/mol. The predicted octanol–water partition coefficient (Wildman–Crippen LogP) is 1.67. The summed E-state index contributed by atoms with van der Waals surface area (Å²) < 4.78 is 5.75. The zero-order chi connectivity index (χ0) is 16.9. The number of carbonyl (C=O) groups excluding carboxylic acids is 1. The SMILES string of the molecule is O=C(Cc1ccc(Cl)c(Cl)c1)N1CCN(C[C@H]2CNCCO2)CC1. The number of halogens is 2. The van der Waals surface area contributed by atoms with Crippen molar-refractivity contribution in [2.75, 3.05) is 52.4 Å². The minimum Gasteiger partial charge on any atom is -0.374 e. The Morgan fingerprint density at radius 2 is 2.00 bits per heavy atom. The summed E-state index contributed by atoms with van der Waals surface area (Å²) in [7, 11) is 0. The van der Waals surface area contributed by atoms with Gasteiger partial charge in [-0.2, -0.15) is 0 Å². The summed E-state index contributed by atoms with van der Waals surface area (Å²) in [5, 5.41) is 4.36. The lowest BCUT2D eigenvalue weighted by molar-refractivity contribution is -0.132. The lowest BCUT2D eigenvalue weighted by Crippen LogP contribution is -2.53. The van der Waals surface area contributed by atoms with Gasteiger partial charge in [-0.1, -0.05) is 29.3 Å². The molecule has 2 aliphatic rings. The Labute approximate surface area is 152 Å². The van der Waals surface area contributed by atoms with Crippen LogP contribution in [0.3, 0.4) is 0 Å². The number of carbonyl (C=O) groups is 1. The van der Waals surface area contributed by atoms with Crippen molar-refractivity contribution in [1.29, 1.82) is 0 Å². The van der Waals surface area contributed by atoms with E-state index in [1.165, 1.54) is 0 Å². The fraction of sp³-hybridized carbons (Fsp3) is 0.588. The number of nitrogens with zero attached hydrogens (tertiary/aromatic N) is 2. The topological polar surface area (TPSA) is 44.8 Å². The Balaban J connectivity index is 1.45. The van der Waals surface area contributed by atoms with Crippen LogP contribution in [0.1, 0.15) is 5.56 Å². The lowest BCUT2D eigenvalue weighted by Gasteiger charge is -2.37. The van der Waals surface area contributed by atoms with E-state index in [9.17, 15) is 4.79 Å². The molecule has 0 bridgehead atoms. The van der Waals surface area contributed by atoms with E-state index in [0.29, 0.717) is 16.5 Å². The molecule has 2 heterocycles. The van der Waals surface area contributed by atoms with Crippen molar-refractivity contribution in [1.82, 2.24) is 15.1 Å². The van der Waals surface area contributed by atoms with E-state index in [0.717, 1.165) is 58.0 Å². The van der Waals surface area contributed by atoms with Gasteiger partial charge in [-0.3, -0.25) is 9.69 Å².